The van der Waals surface area contributed by atoms with Gasteiger partial charge >= 0.3 is 0 Å². The molecule has 0 fully saturated rings. The van der Waals surface area contributed by atoms with Gasteiger partial charge in [-0.3, -0.25) is 9.78 Å². The molecule has 25 heavy (non-hydrogen) atoms. The first-order chi connectivity index (χ1) is 12.2. The maximum atomic E-state index is 12.3. The molecule has 124 valence electrons. The minimum Gasteiger partial charge on any atom is -0.444 e. The van der Waals surface area contributed by atoms with Crippen molar-refractivity contribution >= 4 is 23.3 Å². The SMILES string of the molecule is Nc1nc(NC2=CC=C(c3cnco3)CC2=O)nn1-c1cccnc1. The zero-order valence-electron chi connectivity index (χ0n) is 13.0. The maximum Gasteiger partial charge on any atom is 0.248 e. The lowest BCUT2D eigenvalue weighted by Gasteiger charge is -2.12. The molecule has 1 aliphatic rings. The average molecular weight is 335 g/mol. The van der Waals surface area contributed by atoms with Crippen molar-refractivity contribution in [3.63, 3.8) is 0 Å². The first kappa shape index (κ1) is 14.8. The minimum atomic E-state index is -0.106. The number of nitrogens with two attached hydrogens (primary N) is 1. The molecule has 3 aromatic rings. The molecule has 0 radical (unpaired) electrons. The van der Waals surface area contributed by atoms with Crippen molar-refractivity contribution < 1.29 is 9.21 Å². The van der Waals surface area contributed by atoms with Crippen molar-refractivity contribution in [1.29, 1.82) is 0 Å². The van der Waals surface area contributed by atoms with Gasteiger partial charge in [0.05, 0.1) is 23.8 Å². The van der Waals surface area contributed by atoms with Crippen LogP contribution >= 0.6 is 0 Å². The monoisotopic (exact) mass is 335 g/mol. The second kappa shape index (κ2) is 6.04. The summed E-state index contributed by atoms with van der Waals surface area (Å²) in [6.45, 7) is 0. The number of nitrogen functional groups attached to an aromatic ring is 1. The highest BCUT2D eigenvalue weighted by Gasteiger charge is 2.20. The molecule has 0 aliphatic heterocycles. The summed E-state index contributed by atoms with van der Waals surface area (Å²) < 4.78 is 6.65. The summed E-state index contributed by atoms with van der Waals surface area (Å²) in [4.78, 5) is 24.3. The van der Waals surface area contributed by atoms with Gasteiger partial charge < -0.3 is 15.5 Å². The highest BCUT2D eigenvalue weighted by Crippen LogP contribution is 2.25. The Kier molecular flexibility index (Phi) is 3.58. The van der Waals surface area contributed by atoms with Gasteiger partial charge in [-0.2, -0.15) is 9.67 Å². The molecule has 0 unspecified atom stereocenters. The Morgan fingerprint density at radius 2 is 2.16 bits per heavy atom. The molecule has 3 heterocycles. The van der Waals surface area contributed by atoms with Gasteiger partial charge in [-0.15, -0.1) is 5.10 Å². The first-order valence-electron chi connectivity index (χ1n) is 7.43. The molecule has 9 heteroatoms. The number of hydrogen-bond donors (Lipinski definition) is 2. The number of Topliss-reactive ketones (excluding diaryl/α,β-unsaturated/α-hetero) is 1. The van der Waals surface area contributed by atoms with Crippen molar-refractivity contribution in [3.8, 4) is 5.69 Å². The molecule has 9 nitrogen and oxygen atoms in total. The second-order valence-electron chi connectivity index (χ2n) is 5.28. The van der Waals surface area contributed by atoms with Crippen LogP contribution in [0.5, 0.6) is 0 Å². The first-order valence-corrected chi connectivity index (χ1v) is 7.43. The number of carbonyl (C=O) groups excluding carboxylic acids is 1. The number of nitrogens with zero attached hydrogens (tertiary/aromatic N) is 5. The summed E-state index contributed by atoms with van der Waals surface area (Å²) in [7, 11) is 0. The Morgan fingerprint density at radius 3 is 2.88 bits per heavy atom. The van der Waals surface area contributed by atoms with Crippen LogP contribution in [-0.4, -0.2) is 30.5 Å². The number of aromatic nitrogens is 5. The number of anilines is 2. The van der Waals surface area contributed by atoms with E-state index in [4.69, 9.17) is 10.2 Å². The van der Waals surface area contributed by atoms with Gasteiger partial charge in [0.2, 0.25) is 11.9 Å². The molecule has 0 saturated heterocycles. The Hall–Kier alpha value is -3.75. The van der Waals surface area contributed by atoms with Crippen LogP contribution in [0, 0.1) is 0 Å². The summed E-state index contributed by atoms with van der Waals surface area (Å²) in [6, 6.07) is 3.58. The fourth-order valence-electron chi connectivity index (χ4n) is 2.43. The molecule has 3 N–H and O–H groups in total. The van der Waals surface area contributed by atoms with Crippen LogP contribution in [-0.2, 0) is 4.79 Å². The van der Waals surface area contributed by atoms with Gasteiger partial charge in [-0.1, -0.05) is 6.08 Å². The summed E-state index contributed by atoms with van der Waals surface area (Å²) in [5.74, 6) is 0.895. The predicted molar refractivity (Wildman–Crippen MR) is 89.4 cm³/mol. The van der Waals surface area contributed by atoms with E-state index in [-0.39, 0.29) is 24.1 Å². The van der Waals surface area contributed by atoms with E-state index in [1.165, 1.54) is 11.1 Å². The van der Waals surface area contributed by atoms with Crippen molar-refractivity contribution in [2.75, 3.05) is 11.1 Å². The molecule has 0 saturated carbocycles. The summed E-state index contributed by atoms with van der Waals surface area (Å²) in [5.41, 5.74) is 7.71. The quantitative estimate of drug-likeness (QED) is 0.736. The van der Waals surface area contributed by atoms with E-state index >= 15 is 0 Å². The Morgan fingerprint density at radius 1 is 1.24 bits per heavy atom. The maximum absolute atomic E-state index is 12.3. The lowest BCUT2D eigenvalue weighted by molar-refractivity contribution is -0.114. The zero-order chi connectivity index (χ0) is 17.2. The molecule has 3 aromatic heterocycles. The van der Waals surface area contributed by atoms with Crippen LogP contribution in [0.1, 0.15) is 12.2 Å². The van der Waals surface area contributed by atoms with E-state index in [0.717, 1.165) is 5.57 Å². The number of hydrogen-bond acceptors (Lipinski definition) is 8. The van der Waals surface area contributed by atoms with Gasteiger partial charge in [0.25, 0.3) is 0 Å². The third kappa shape index (κ3) is 2.90. The average Bonchev–Trinajstić information content (AvgIpc) is 3.27. The zero-order valence-corrected chi connectivity index (χ0v) is 13.0. The number of oxazole rings is 1. The number of pyridine rings is 1. The van der Waals surface area contributed by atoms with Crippen molar-refractivity contribution in [3.05, 3.63) is 60.7 Å². The highest BCUT2D eigenvalue weighted by molar-refractivity contribution is 6.05. The van der Waals surface area contributed by atoms with E-state index in [0.29, 0.717) is 17.1 Å². The van der Waals surface area contributed by atoms with E-state index in [1.807, 2.05) is 0 Å². The fourth-order valence-corrected chi connectivity index (χ4v) is 2.43. The lowest BCUT2D eigenvalue weighted by Crippen LogP contribution is -2.15. The van der Waals surface area contributed by atoms with E-state index in [1.54, 1.807) is 42.9 Å². The molecule has 0 atom stereocenters. The number of carbonyl (C=O) groups is 1. The lowest BCUT2D eigenvalue weighted by atomic mass is 10.00. The van der Waals surface area contributed by atoms with Gasteiger partial charge in [0.15, 0.2) is 17.9 Å². The van der Waals surface area contributed by atoms with Crippen LogP contribution in [0.4, 0.5) is 11.9 Å². The highest BCUT2D eigenvalue weighted by atomic mass is 16.3. The van der Waals surface area contributed by atoms with Gasteiger partial charge in [0, 0.05) is 18.2 Å². The Balaban J connectivity index is 1.58. The van der Waals surface area contributed by atoms with E-state index in [9.17, 15) is 4.79 Å². The predicted octanol–water partition coefficient (Wildman–Crippen LogP) is 1.58. The smallest absolute Gasteiger partial charge is 0.248 e. The summed E-state index contributed by atoms with van der Waals surface area (Å²) >= 11 is 0. The van der Waals surface area contributed by atoms with Crippen LogP contribution in [0.2, 0.25) is 0 Å². The van der Waals surface area contributed by atoms with Gasteiger partial charge in [-0.05, 0) is 18.2 Å². The molecule has 1 aliphatic carbocycles. The van der Waals surface area contributed by atoms with Crippen LogP contribution < -0.4 is 11.1 Å². The summed E-state index contributed by atoms with van der Waals surface area (Å²) in [5, 5.41) is 7.17. The largest absolute Gasteiger partial charge is 0.444 e. The molecule has 0 aromatic carbocycles. The Labute approximate surface area is 141 Å². The van der Waals surface area contributed by atoms with Crippen molar-refractivity contribution in [2.45, 2.75) is 6.42 Å². The van der Waals surface area contributed by atoms with Crippen LogP contribution in [0.15, 0.2) is 59.4 Å². The molecular formula is C16H13N7O2. The molecular weight excluding hydrogens is 322 g/mol. The number of allylic oxidation sites excluding steroid dienone is 4. The molecule has 0 bridgehead atoms. The van der Waals surface area contributed by atoms with E-state index in [2.05, 4.69) is 25.4 Å². The normalized spacial score (nSPS) is 14.2. The number of nitrogens with one attached hydrogen (secondary N) is 1. The topological polar surface area (TPSA) is 125 Å². The summed E-state index contributed by atoms with van der Waals surface area (Å²) in [6.07, 6.45) is 9.83. The second-order valence-corrected chi connectivity index (χ2v) is 5.28. The van der Waals surface area contributed by atoms with Crippen molar-refractivity contribution in [2.24, 2.45) is 0 Å². The van der Waals surface area contributed by atoms with Crippen molar-refractivity contribution in [1.82, 2.24) is 24.7 Å². The van der Waals surface area contributed by atoms with Crippen LogP contribution in [0.3, 0.4) is 0 Å². The minimum absolute atomic E-state index is 0.106. The van der Waals surface area contributed by atoms with Crippen LogP contribution in [0.25, 0.3) is 11.3 Å². The molecule has 0 amide bonds. The third-order valence-corrected chi connectivity index (χ3v) is 3.62. The van der Waals surface area contributed by atoms with Gasteiger partial charge in [0.1, 0.15) is 0 Å². The number of ketones is 1. The standard InChI is InChI=1S/C16H13N7O2/c17-15-21-16(22-23(15)11-2-1-5-18-7-11)20-12-4-3-10(6-13(12)24)14-8-19-9-25-14/h1-5,7-9H,6H2,(H3,17,20,21,22). The third-order valence-electron chi connectivity index (χ3n) is 3.62. The van der Waals surface area contributed by atoms with E-state index < -0.39 is 0 Å². The number of rotatable bonds is 4. The molecule has 0 spiro atoms. The Bertz CT molecular complexity index is 971. The fraction of sp³-hybridized carbons (Fsp3) is 0.0625. The van der Waals surface area contributed by atoms with Gasteiger partial charge in [-0.25, -0.2) is 4.98 Å². The molecule has 4 rings (SSSR count).